The summed E-state index contributed by atoms with van der Waals surface area (Å²) in [6, 6.07) is 6.98. The lowest BCUT2D eigenvalue weighted by Crippen LogP contribution is -2.15. The van der Waals surface area contributed by atoms with Crippen LogP contribution in [-0.4, -0.2) is 20.9 Å². The van der Waals surface area contributed by atoms with Gasteiger partial charge in [-0.05, 0) is 18.2 Å². The van der Waals surface area contributed by atoms with Crippen molar-refractivity contribution in [3.05, 3.63) is 52.9 Å². The van der Waals surface area contributed by atoms with Gasteiger partial charge in [0.1, 0.15) is 17.2 Å². The second-order valence-corrected chi connectivity index (χ2v) is 5.97. The van der Waals surface area contributed by atoms with Gasteiger partial charge in [-0.15, -0.1) is 11.3 Å². The largest absolute Gasteiger partial charge is 0.398 e. The number of hydrogen-bond acceptors (Lipinski definition) is 6. The Morgan fingerprint density at radius 2 is 2.22 bits per heavy atom. The van der Waals surface area contributed by atoms with Gasteiger partial charge in [0.25, 0.3) is 0 Å². The second-order valence-electron chi connectivity index (χ2n) is 4.70. The minimum Gasteiger partial charge on any atom is -0.398 e. The predicted octanol–water partition coefficient (Wildman–Crippen LogP) is 3.02. The van der Waals surface area contributed by atoms with Crippen LogP contribution in [0.25, 0.3) is 10.6 Å². The van der Waals surface area contributed by atoms with Gasteiger partial charge in [0.2, 0.25) is 5.91 Å². The molecule has 2 aromatic heterocycles. The van der Waals surface area contributed by atoms with E-state index >= 15 is 0 Å². The fourth-order valence-electron chi connectivity index (χ4n) is 1.91. The van der Waals surface area contributed by atoms with E-state index in [1.54, 1.807) is 24.4 Å². The minimum atomic E-state index is -0.184. The third kappa shape index (κ3) is 3.82. The van der Waals surface area contributed by atoms with Crippen LogP contribution in [0.2, 0.25) is 5.02 Å². The summed E-state index contributed by atoms with van der Waals surface area (Å²) in [6.07, 6.45) is 3.11. The summed E-state index contributed by atoms with van der Waals surface area (Å²) in [5.41, 5.74) is 7.86. The van der Waals surface area contributed by atoms with Gasteiger partial charge in [-0.25, -0.2) is 15.0 Å². The molecule has 0 aliphatic carbocycles. The van der Waals surface area contributed by atoms with Crippen molar-refractivity contribution in [2.75, 3.05) is 11.1 Å². The molecular weight excluding hydrogens is 334 g/mol. The zero-order chi connectivity index (χ0) is 16.2. The first-order valence-corrected chi connectivity index (χ1v) is 7.93. The minimum absolute atomic E-state index is 0.170. The fraction of sp³-hybridized carbons (Fsp3) is 0.0667. The second kappa shape index (κ2) is 6.72. The molecule has 6 nitrogen and oxygen atoms in total. The Labute approximate surface area is 141 Å². The Kier molecular flexibility index (Phi) is 4.50. The summed E-state index contributed by atoms with van der Waals surface area (Å²) in [7, 11) is 0. The summed E-state index contributed by atoms with van der Waals surface area (Å²) < 4.78 is 0. The zero-order valence-electron chi connectivity index (χ0n) is 11.9. The van der Waals surface area contributed by atoms with Crippen LogP contribution in [0.15, 0.2) is 42.2 Å². The summed E-state index contributed by atoms with van der Waals surface area (Å²) in [5, 5.41) is 5.84. The first-order chi connectivity index (χ1) is 11.1. The van der Waals surface area contributed by atoms with Gasteiger partial charge in [-0.3, -0.25) is 4.79 Å². The number of benzene rings is 1. The Bertz CT molecular complexity index is 837. The molecule has 1 amide bonds. The highest BCUT2D eigenvalue weighted by Gasteiger charge is 2.10. The molecule has 0 aliphatic rings. The molecule has 0 atom stereocenters. The molecule has 0 unspecified atom stereocenters. The predicted molar refractivity (Wildman–Crippen MR) is 91.3 cm³/mol. The van der Waals surface area contributed by atoms with E-state index in [1.807, 2.05) is 11.4 Å². The molecule has 0 saturated heterocycles. The summed E-state index contributed by atoms with van der Waals surface area (Å²) in [4.78, 5) is 24.2. The lowest BCUT2D eigenvalue weighted by molar-refractivity contribution is -0.115. The number of hydrogen-bond donors (Lipinski definition) is 2. The Balaban J connectivity index is 1.69. The van der Waals surface area contributed by atoms with E-state index in [9.17, 15) is 4.79 Å². The number of anilines is 2. The zero-order valence-corrected chi connectivity index (χ0v) is 13.4. The van der Waals surface area contributed by atoms with Gasteiger partial charge in [0.05, 0.1) is 22.8 Å². The third-order valence-electron chi connectivity index (χ3n) is 2.99. The molecule has 0 bridgehead atoms. The van der Waals surface area contributed by atoms with E-state index in [1.165, 1.54) is 17.7 Å². The average molecular weight is 346 g/mol. The van der Waals surface area contributed by atoms with Crippen molar-refractivity contribution in [3.63, 3.8) is 0 Å². The number of nitrogens with zero attached hydrogens (tertiary/aromatic N) is 3. The monoisotopic (exact) mass is 345 g/mol. The Hall–Kier alpha value is -2.51. The van der Waals surface area contributed by atoms with Crippen molar-refractivity contribution in [2.45, 2.75) is 6.42 Å². The van der Waals surface area contributed by atoms with E-state index in [2.05, 4.69) is 20.3 Å². The Morgan fingerprint density at radius 3 is 2.96 bits per heavy atom. The topological polar surface area (TPSA) is 93.8 Å². The highest BCUT2D eigenvalue weighted by molar-refractivity contribution is 7.13. The lowest BCUT2D eigenvalue weighted by Gasteiger charge is -2.02. The van der Waals surface area contributed by atoms with Gasteiger partial charge >= 0.3 is 0 Å². The molecular formula is C15H12ClN5OS. The molecule has 3 N–H and O–H groups in total. The number of nitrogen functional groups attached to an aromatic ring is 1. The molecule has 0 radical (unpaired) electrons. The van der Waals surface area contributed by atoms with Gasteiger partial charge < -0.3 is 11.1 Å². The standard InChI is InChI=1S/C15H12ClN5OS/c16-11-2-1-9(5-12(11)17)15-20-10(7-23-15)6-14(22)21-13-3-4-18-8-19-13/h1-5,7-8H,6,17H2,(H,18,19,21,22). The molecule has 0 fully saturated rings. The summed E-state index contributed by atoms with van der Waals surface area (Å²) in [5.74, 6) is 0.280. The van der Waals surface area contributed by atoms with Gasteiger partial charge in [0.15, 0.2) is 0 Å². The van der Waals surface area contributed by atoms with Crippen LogP contribution in [-0.2, 0) is 11.2 Å². The lowest BCUT2D eigenvalue weighted by atomic mass is 10.2. The molecule has 1 aromatic carbocycles. The number of thiazole rings is 1. The number of nitrogens with one attached hydrogen (secondary N) is 1. The van der Waals surface area contributed by atoms with Crippen LogP contribution in [0, 0.1) is 0 Å². The van der Waals surface area contributed by atoms with Crippen LogP contribution in [0.1, 0.15) is 5.69 Å². The highest BCUT2D eigenvalue weighted by Crippen LogP contribution is 2.29. The normalized spacial score (nSPS) is 10.5. The number of carbonyl (C=O) groups excluding carboxylic acids is 1. The van der Waals surface area contributed by atoms with Crippen molar-refractivity contribution in [2.24, 2.45) is 0 Å². The number of nitrogens with two attached hydrogens (primary N) is 1. The highest BCUT2D eigenvalue weighted by atomic mass is 35.5. The van der Waals surface area contributed by atoms with E-state index < -0.39 is 0 Å². The average Bonchev–Trinajstić information content (AvgIpc) is 2.99. The van der Waals surface area contributed by atoms with Crippen molar-refractivity contribution in [1.29, 1.82) is 0 Å². The molecule has 0 aliphatic heterocycles. The van der Waals surface area contributed by atoms with Crippen molar-refractivity contribution < 1.29 is 4.79 Å². The maximum absolute atomic E-state index is 12.0. The van der Waals surface area contributed by atoms with Crippen LogP contribution in [0.3, 0.4) is 0 Å². The van der Waals surface area contributed by atoms with Crippen molar-refractivity contribution >= 4 is 40.4 Å². The number of aromatic nitrogens is 3. The molecule has 2 heterocycles. The van der Waals surface area contributed by atoms with E-state index in [0.717, 1.165) is 10.6 Å². The Morgan fingerprint density at radius 1 is 1.35 bits per heavy atom. The third-order valence-corrected chi connectivity index (χ3v) is 4.27. The van der Waals surface area contributed by atoms with E-state index in [0.29, 0.717) is 22.2 Å². The number of halogens is 1. The van der Waals surface area contributed by atoms with Crippen LogP contribution in [0.5, 0.6) is 0 Å². The quantitative estimate of drug-likeness (QED) is 0.709. The van der Waals surface area contributed by atoms with Crippen molar-refractivity contribution in [3.8, 4) is 10.6 Å². The molecule has 8 heteroatoms. The maximum Gasteiger partial charge on any atom is 0.231 e. The SMILES string of the molecule is Nc1cc(-c2nc(CC(=O)Nc3ccncn3)cs2)ccc1Cl. The summed E-state index contributed by atoms with van der Waals surface area (Å²) in [6.45, 7) is 0. The first-order valence-electron chi connectivity index (χ1n) is 6.67. The molecule has 23 heavy (non-hydrogen) atoms. The van der Waals surface area contributed by atoms with Crippen LogP contribution in [0.4, 0.5) is 11.5 Å². The summed E-state index contributed by atoms with van der Waals surface area (Å²) >= 11 is 7.36. The van der Waals surface area contributed by atoms with E-state index in [4.69, 9.17) is 17.3 Å². The van der Waals surface area contributed by atoms with Gasteiger partial charge in [0, 0.05) is 17.1 Å². The molecule has 0 spiro atoms. The fourth-order valence-corrected chi connectivity index (χ4v) is 2.85. The molecule has 3 rings (SSSR count). The van der Waals surface area contributed by atoms with Gasteiger partial charge in [-0.2, -0.15) is 0 Å². The van der Waals surface area contributed by atoms with Crippen LogP contribution < -0.4 is 11.1 Å². The van der Waals surface area contributed by atoms with E-state index in [-0.39, 0.29) is 12.3 Å². The maximum atomic E-state index is 12.0. The van der Waals surface area contributed by atoms with Crippen LogP contribution >= 0.6 is 22.9 Å². The molecule has 0 saturated carbocycles. The number of rotatable bonds is 4. The number of amides is 1. The number of carbonyl (C=O) groups is 1. The molecule has 116 valence electrons. The smallest absolute Gasteiger partial charge is 0.231 e. The van der Waals surface area contributed by atoms with Crippen molar-refractivity contribution in [1.82, 2.24) is 15.0 Å². The molecule has 3 aromatic rings. The first kappa shape index (κ1) is 15.4. The van der Waals surface area contributed by atoms with Gasteiger partial charge in [-0.1, -0.05) is 17.7 Å².